The van der Waals surface area contributed by atoms with Gasteiger partial charge in [-0.2, -0.15) is 13.2 Å². The van der Waals surface area contributed by atoms with Crippen LogP contribution in [0, 0.1) is 0 Å². The summed E-state index contributed by atoms with van der Waals surface area (Å²) in [7, 11) is 0. The molecule has 2 N–H and O–H groups in total. The van der Waals surface area contributed by atoms with Crippen molar-refractivity contribution < 1.29 is 17.9 Å². The zero-order chi connectivity index (χ0) is 27.2. The molecule has 0 aliphatic heterocycles. The summed E-state index contributed by atoms with van der Waals surface area (Å²) < 4.78 is 46.9. The van der Waals surface area contributed by atoms with Gasteiger partial charge in [-0.1, -0.05) is 90.5 Å². The maximum atomic E-state index is 13.6. The number of alkyl halides is 3. The van der Waals surface area contributed by atoms with Crippen LogP contribution in [0.5, 0.6) is 5.75 Å². The highest BCUT2D eigenvalue weighted by atomic mass is 35.5. The minimum Gasteiger partial charge on any atom is -0.493 e. The maximum Gasteiger partial charge on any atom is 0.417 e. The Morgan fingerprint density at radius 2 is 1.42 bits per heavy atom. The third-order valence-corrected chi connectivity index (χ3v) is 7.20. The van der Waals surface area contributed by atoms with Crippen LogP contribution in [0.25, 0.3) is 0 Å². The smallest absolute Gasteiger partial charge is 0.417 e. The predicted octanol–water partition coefficient (Wildman–Crippen LogP) is 8.18. The van der Waals surface area contributed by atoms with Crippen LogP contribution in [0.1, 0.15) is 35.6 Å². The minimum atomic E-state index is -4.54. The van der Waals surface area contributed by atoms with E-state index < -0.39 is 17.3 Å². The highest BCUT2D eigenvalue weighted by Gasteiger charge is 2.37. The second-order valence-electron chi connectivity index (χ2n) is 9.28. The van der Waals surface area contributed by atoms with Crippen LogP contribution in [0.2, 0.25) is 5.02 Å². The normalized spacial score (nSPS) is 12.1. The average molecular weight is 539 g/mol. The number of benzene rings is 4. The van der Waals surface area contributed by atoms with Gasteiger partial charge in [-0.3, -0.25) is 4.90 Å². The number of nitrogen functional groups attached to an aromatic ring is 1. The Bertz CT molecular complexity index is 1290. The lowest BCUT2D eigenvalue weighted by Crippen LogP contribution is -2.45. The number of halogens is 4. The molecule has 4 rings (SSSR count). The maximum absolute atomic E-state index is 13.6. The van der Waals surface area contributed by atoms with Gasteiger partial charge in [-0.05, 0) is 48.2 Å². The number of hydrogen-bond acceptors (Lipinski definition) is 3. The molecule has 0 unspecified atom stereocenters. The Balaban J connectivity index is 1.70. The Morgan fingerprint density at radius 1 is 0.816 bits per heavy atom. The van der Waals surface area contributed by atoms with Crippen LogP contribution >= 0.6 is 11.6 Å². The molecule has 0 radical (unpaired) electrons. The van der Waals surface area contributed by atoms with Crippen molar-refractivity contribution in [1.82, 2.24) is 4.90 Å². The summed E-state index contributed by atoms with van der Waals surface area (Å²) in [6.45, 7) is 3.25. The van der Waals surface area contributed by atoms with E-state index in [9.17, 15) is 13.2 Å². The molecular formula is C31H30ClF3N2O. The summed E-state index contributed by atoms with van der Waals surface area (Å²) in [5.74, 6) is 0.673. The Kier molecular flexibility index (Phi) is 8.65. The molecule has 0 spiro atoms. The van der Waals surface area contributed by atoms with Crippen LogP contribution in [0.4, 0.5) is 18.9 Å². The van der Waals surface area contributed by atoms with E-state index in [2.05, 4.69) is 11.8 Å². The summed E-state index contributed by atoms with van der Waals surface area (Å²) in [6.07, 6.45) is -3.91. The van der Waals surface area contributed by atoms with Gasteiger partial charge in [0.1, 0.15) is 5.75 Å². The number of hydrogen-bond donors (Lipinski definition) is 1. The monoisotopic (exact) mass is 538 g/mol. The second-order valence-corrected chi connectivity index (χ2v) is 9.65. The van der Waals surface area contributed by atoms with Gasteiger partial charge in [-0.15, -0.1) is 0 Å². The molecule has 0 fully saturated rings. The quantitative estimate of drug-likeness (QED) is 0.163. The molecule has 0 bridgehead atoms. The molecule has 0 atom stereocenters. The molecule has 0 amide bonds. The first-order valence-electron chi connectivity index (χ1n) is 12.4. The third kappa shape index (κ3) is 6.32. The fourth-order valence-electron chi connectivity index (χ4n) is 4.69. The van der Waals surface area contributed by atoms with Gasteiger partial charge in [0.25, 0.3) is 0 Å². The summed E-state index contributed by atoms with van der Waals surface area (Å²) in [6, 6.07) is 31.2. The molecule has 4 aromatic rings. The van der Waals surface area contributed by atoms with E-state index in [0.717, 1.165) is 17.2 Å². The Morgan fingerprint density at radius 3 is 2.00 bits per heavy atom. The van der Waals surface area contributed by atoms with Crippen molar-refractivity contribution in [2.75, 3.05) is 18.9 Å². The van der Waals surface area contributed by atoms with Crippen molar-refractivity contribution in [3.63, 3.8) is 0 Å². The van der Waals surface area contributed by atoms with E-state index in [4.69, 9.17) is 22.1 Å². The van der Waals surface area contributed by atoms with Gasteiger partial charge in [-0.25, -0.2) is 0 Å². The molecule has 4 aromatic carbocycles. The predicted molar refractivity (Wildman–Crippen MR) is 147 cm³/mol. The van der Waals surface area contributed by atoms with Crippen LogP contribution in [-0.2, 0) is 18.3 Å². The topological polar surface area (TPSA) is 38.5 Å². The summed E-state index contributed by atoms with van der Waals surface area (Å²) in [5.41, 5.74) is 7.44. The lowest BCUT2D eigenvalue weighted by atomic mass is 9.82. The van der Waals surface area contributed by atoms with Crippen molar-refractivity contribution in [3.8, 4) is 5.75 Å². The van der Waals surface area contributed by atoms with Crippen LogP contribution < -0.4 is 10.5 Å². The molecule has 0 heterocycles. The van der Waals surface area contributed by atoms with E-state index in [1.165, 1.54) is 6.07 Å². The van der Waals surface area contributed by atoms with Gasteiger partial charge >= 0.3 is 6.18 Å². The highest BCUT2D eigenvalue weighted by Crippen LogP contribution is 2.40. The molecule has 0 saturated heterocycles. The summed E-state index contributed by atoms with van der Waals surface area (Å²) >= 11 is 6.35. The van der Waals surface area contributed by atoms with Crippen molar-refractivity contribution in [3.05, 3.63) is 130 Å². The number of nitrogens with two attached hydrogens (primary N) is 1. The largest absolute Gasteiger partial charge is 0.493 e. The fraction of sp³-hybridized carbons (Fsp3) is 0.226. The molecule has 0 aliphatic carbocycles. The van der Waals surface area contributed by atoms with E-state index in [-0.39, 0.29) is 11.6 Å². The van der Waals surface area contributed by atoms with Crippen molar-refractivity contribution in [2.24, 2.45) is 0 Å². The van der Waals surface area contributed by atoms with Crippen molar-refractivity contribution in [1.29, 1.82) is 0 Å². The molecule has 0 aliphatic rings. The van der Waals surface area contributed by atoms with Crippen LogP contribution in [-0.4, -0.2) is 18.1 Å². The van der Waals surface area contributed by atoms with Crippen molar-refractivity contribution in [2.45, 2.75) is 31.6 Å². The zero-order valence-corrected chi connectivity index (χ0v) is 21.8. The molecular weight excluding hydrogens is 509 g/mol. The first-order chi connectivity index (χ1) is 18.2. The highest BCUT2D eigenvalue weighted by molar-refractivity contribution is 6.32. The fourth-order valence-corrected chi connectivity index (χ4v) is 4.99. The van der Waals surface area contributed by atoms with Gasteiger partial charge in [0.15, 0.2) is 0 Å². The molecule has 7 heteroatoms. The minimum absolute atomic E-state index is 0.210. The van der Waals surface area contributed by atoms with Crippen LogP contribution in [0.3, 0.4) is 0 Å². The lowest BCUT2D eigenvalue weighted by Gasteiger charge is -2.43. The third-order valence-electron chi connectivity index (χ3n) is 6.75. The van der Waals surface area contributed by atoms with Gasteiger partial charge in [0, 0.05) is 24.8 Å². The molecule has 3 nitrogen and oxygen atoms in total. The van der Waals surface area contributed by atoms with E-state index in [1.807, 2.05) is 72.8 Å². The molecule has 198 valence electrons. The van der Waals surface area contributed by atoms with Crippen molar-refractivity contribution >= 4 is 17.3 Å². The zero-order valence-electron chi connectivity index (χ0n) is 21.1. The van der Waals surface area contributed by atoms with Gasteiger partial charge in [0.2, 0.25) is 0 Å². The van der Waals surface area contributed by atoms with E-state index >= 15 is 0 Å². The molecule has 0 aromatic heterocycles. The van der Waals surface area contributed by atoms with Gasteiger partial charge < -0.3 is 10.5 Å². The first kappa shape index (κ1) is 27.6. The van der Waals surface area contributed by atoms with Crippen LogP contribution in [0.15, 0.2) is 103 Å². The standard InChI is InChI=1S/C31H30ClF3N2O/c1-30(24-12-4-2-5-13-24,25-14-6-3-7-15-25)37(19-10-20-38-27-17-9-16-26(36)21-27)22-23-11-8-18-28(29(23)32)31(33,34)35/h2-9,11-18,21H,10,19-20,22,36H2,1H3. The number of anilines is 1. The average Bonchev–Trinajstić information content (AvgIpc) is 2.91. The SMILES string of the molecule is CC(c1ccccc1)(c1ccccc1)N(CCCOc1cccc(N)c1)Cc1cccc(C(F)(F)F)c1Cl. The number of rotatable bonds is 10. The summed E-state index contributed by atoms with van der Waals surface area (Å²) in [4.78, 5) is 2.17. The summed E-state index contributed by atoms with van der Waals surface area (Å²) in [5, 5.41) is -0.274. The second kappa shape index (κ2) is 11.9. The molecule has 38 heavy (non-hydrogen) atoms. The number of ether oxygens (including phenoxy) is 1. The molecule has 0 saturated carbocycles. The van der Waals surface area contributed by atoms with Gasteiger partial charge in [0.05, 0.1) is 22.7 Å². The Hall–Kier alpha value is -3.48. The number of nitrogens with zero attached hydrogens (tertiary/aromatic N) is 1. The lowest BCUT2D eigenvalue weighted by molar-refractivity contribution is -0.137. The van der Waals surface area contributed by atoms with E-state index in [0.29, 0.717) is 36.6 Å². The first-order valence-corrected chi connectivity index (χ1v) is 12.8. The Labute approximate surface area is 226 Å². The van der Waals surface area contributed by atoms with E-state index in [1.54, 1.807) is 18.2 Å².